The van der Waals surface area contributed by atoms with Crippen molar-refractivity contribution in [2.45, 2.75) is 31.6 Å². The highest BCUT2D eigenvalue weighted by Crippen LogP contribution is 2.25. The van der Waals surface area contributed by atoms with Gasteiger partial charge in [0.1, 0.15) is 5.75 Å². The molecule has 2 rings (SSSR count). The normalized spacial score (nSPS) is 11.9. The maximum absolute atomic E-state index is 12.7. The maximum atomic E-state index is 12.7. The molecular formula is C19H25N5O3S. The zero-order valence-corrected chi connectivity index (χ0v) is 17.0. The molecule has 0 saturated carbocycles. The number of primary amides is 1. The van der Waals surface area contributed by atoms with E-state index in [1.54, 1.807) is 37.5 Å². The fraction of sp³-hybridized carbons (Fsp3) is 0.368. The van der Waals surface area contributed by atoms with Crippen LogP contribution in [0.2, 0.25) is 0 Å². The third-order valence-corrected chi connectivity index (χ3v) is 4.97. The topological polar surface area (TPSA) is 112 Å². The lowest BCUT2D eigenvalue weighted by Gasteiger charge is -2.22. The molecule has 0 fully saturated rings. The Kier molecular flexibility index (Phi) is 7.62. The van der Waals surface area contributed by atoms with Crippen molar-refractivity contribution in [3.63, 3.8) is 0 Å². The second kappa shape index (κ2) is 9.93. The van der Waals surface area contributed by atoms with Crippen LogP contribution in [0.1, 0.15) is 36.1 Å². The monoisotopic (exact) mass is 403 g/mol. The van der Waals surface area contributed by atoms with Crippen molar-refractivity contribution in [3.8, 4) is 5.75 Å². The van der Waals surface area contributed by atoms with Crippen molar-refractivity contribution in [1.82, 2.24) is 20.1 Å². The third kappa shape index (κ3) is 5.35. The smallest absolute Gasteiger partial charge is 0.251 e. The van der Waals surface area contributed by atoms with E-state index in [2.05, 4.69) is 22.1 Å². The highest BCUT2D eigenvalue weighted by molar-refractivity contribution is 7.99. The first-order valence-corrected chi connectivity index (χ1v) is 9.76. The van der Waals surface area contributed by atoms with Crippen LogP contribution in [0.4, 0.5) is 0 Å². The Morgan fingerprint density at radius 1 is 1.32 bits per heavy atom. The molecule has 1 aromatic heterocycles. The van der Waals surface area contributed by atoms with Gasteiger partial charge >= 0.3 is 0 Å². The van der Waals surface area contributed by atoms with Gasteiger partial charge in [0.15, 0.2) is 11.0 Å². The Morgan fingerprint density at radius 3 is 2.54 bits per heavy atom. The lowest BCUT2D eigenvalue weighted by atomic mass is 10.0. The standard InChI is InChI=1S/C19H25N5O3S/c1-5-10-24-17(22-23-19(24)28-11-15(20)25)16(12(2)3)21-18(26)13-6-8-14(27-4)9-7-13/h5-9,12,16H,1,10-11H2,2-4H3,(H2,20,25)(H,21,26)/t16-/m0/s1. The molecule has 0 radical (unpaired) electrons. The van der Waals surface area contributed by atoms with Crippen molar-refractivity contribution in [2.75, 3.05) is 12.9 Å². The lowest BCUT2D eigenvalue weighted by Crippen LogP contribution is -2.33. The zero-order valence-electron chi connectivity index (χ0n) is 16.2. The van der Waals surface area contributed by atoms with Gasteiger partial charge in [-0.15, -0.1) is 16.8 Å². The summed E-state index contributed by atoms with van der Waals surface area (Å²) in [4.78, 5) is 23.8. The Morgan fingerprint density at radius 2 is 2.00 bits per heavy atom. The van der Waals surface area contributed by atoms with Crippen molar-refractivity contribution in [3.05, 3.63) is 48.3 Å². The van der Waals surface area contributed by atoms with Gasteiger partial charge in [-0.1, -0.05) is 31.7 Å². The molecule has 0 unspecified atom stereocenters. The minimum absolute atomic E-state index is 0.0592. The van der Waals surface area contributed by atoms with Crippen LogP contribution in [-0.4, -0.2) is 39.4 Å². The molecule has 9 heteroatoms. The van der Waals surface area contributed by atoms with Gasteiger partial charge in [0.2, 0.25) is 5.91 Å². The van der Waals surface area contributed by atoms with Gasteiger partial charge in [0.05, 0.1) is 18.9 Å². The number of ether oxygens (including phenoxy) is 1. The zero-order chi connectivity index (χ0) is 20.7. The number of hydrogen-bond acceptors (Lipinski definition) is 6. The molecule has 2 aromatic rings. The number of benzene rings is 1. The minimum atomic E-state index is -0.437. The number of allylic oxidation sites excluding steroid dienone is 1. The first kappa shape index (κ1) is 21.5. The molecule has 1 atom stereocenters. The molecule has 0 aliphatic carbocycles. The number of nitrogens with two attached hydrogens (primary N) is 1. The summed E-state index contributed by atoms with van der Waals surface area (Å²) in [6, 6.07) is 6.50. The molecule has 2 amide bonds. The first-order chi connectivity index (χ1) is 13.4. The van der Waals surface area contributed by atoms with Gasteiger partial charge in [-0.05, 0) is 30.2 Å². The average molecular weight is 404 g/mol. The largest absolute Gasteiger partial charge is 0.497 e. The van der Waals surface area contributed by atoms with E-state index in [4.69, 9.17) is 10.5 Å². The number of carbonyl (C=O) groups is 2. The molecule has 1 heterocycles. The Hall–Kier alpha value is -2.81. The lowest BCUT2D eigenvalue weighted by molar-refractivity contribution is -0.115. The SMILES string of the molecule is C=CCn1c(SCC(N)=O)nnc1[C@@H](NC(=O)c1ccc(OC)cc1)C(C)C. The molecule has 150 valence electrons. The Bertz CT molecular complexity index is 833. The van der Waals surface area contributed by atoms with E-state index in [9.17, 15) is 9.59 Å². The summed E-state index contributed by atoms with van der Waals surface area (Å²) in [5.74, 6) is 0.778. The Balaban J connectivity index is 2.28. The van der Waals surface area contributed by atoms with Crippen molar-refractivity contribution in [2.24, 2.45) is 11.7 Å². The summed E-state index contributed by atoms with van der Waals surface area (Å²) in [5, 5.41) is 12.0. The van der Waals surface area contributed by atoms with Crippen LogP contribution in [0.15, 0.2) is 42.1 Å². The average Bonchev–Trinajstić information content (AvgIpc) is 3.06. The molecular weight excluding hydrogens is 378 g/mol. The predicted octanol–water partition coefficient (Wildman–Crippen LogP) is 2.18. The molecule has 0 aliphatic heterocycles. The molecule has 0 aliphatic rings. The van der Waals surface area contributed by atoms with E-state index >= 15 is 0 Å². The molecule has 0 bridgehead atoms. The Labute approximate surface area is 168 Å². The van der Waals surface area contributed by atoms with Gasteiger partial charge in [-0.2, -0.15) is 0 Å². The third-order valence-electron chi connectivity index (χ3n) is 3.98. The van der Waals surface area contributed by atoms with Crippen LogP contribution in [0, 0.1) is 5.92 Å². The fourth-order valence-corrected chi connectivity index (χ4v) is 3.26. The summed E-state index contributed by atoms with van der Waals surface area (Å²) in [6.45, 7) is 8.19. The number of amides is 2. The van der Waals surface area contributed by atoms with Gasteiger partial charge in [-0.25, -0.2) is 0 Å². The maximum Gasteiger partial charge on any atom is 0.251 e. The van der Waals surface area contributed by atoms with Crippen LogP contribution in [0.3, 0.4) is 0 Å². The molecule has 8 nitrogen and oxygen atoms in total. The number of nitrogens with one attached hydrogen (secondary N) is 1. The van der Waals surface area contributed by atoms with Crippen molar-refractivity contribution in [1.29, 1.82) is 0 Å². The summed E-state index contributed by atoms with van der Waals surface area (Å²) in [7, 11) is 1.57. The molecule has 0 saturated heterocycles. The number of rotatable bonds is 10. The highest BCUT2D eigenvalue weighted by atomic mass is 32.2. The van der Waals surface area contributed by atoms with Crippen LogP contribution < -0.4 is 15.8 Å². The fourth-order valence-electron chi connectivity index (χ4n) is 2.57. The molecule has 1 aromatic carbocycles. The first-order valence-electron chi connectivity index (χ1n) is 8.77. The molecule has 28 heavy (non-hydrogen) atoms. The summed E-state index contributed by atoms with van der Waals surface area (Å²) >= 11 is 1.20. The van der Waals surface area contributed by atoms with Gasteiger partial charge < -0.3 is 20.4 Å². The summed E-state index contributed by atoms with van der Waals surface area (Å²) < 4.78 is 6.96. The van der Waals surface area contributed by atoms with E-state index in [1.807, 2.05) is 18.4 Å². The van der Waals surface area contributed by atoms with Gasteiger partial charge in [-0.3, -0.25) is 9.59 Å². The van der Waals surface area contributed by atoms with E-state index in [0.29, 0.717) is 28.8 Å². The van der Waals surface area contributed by atoms with Gasteiger partial charge in [0.25, 0.3) is 5.91 Å². The predicted molar refractivity (Wildman–Crippen MR) is 108 cm³/mol. The minimum Gasteiger partial charge on any atom is -0.497 e. The number of hydrogen-bond donors (Lipinski definition) is 2. The number of thioether (sulfide) groups is 1. The molecule has 0 spiro atoms. The van der Waals surface area contributed by atoms with E-state index in [-0.39, 0.29) is 23.6 Å². The second-order valence-corrected chi connectivity index (χ2v) is 7.36. The second-order valence-electron chi connectivity index (χ2n) is 6.42. The summed E-state index contributed by atoms with van der Waals surface area (Å²) in [6.07, 6.45) is 1.71. The number of methoxy groups -OCH3 is 1. The highest BCUT2D eigenvalue weighted by Gasteiger charge is 2.26. The van der Waals surface area contributed by atoms with Crippen LogP contribution >= 0.6 is 11.8 Å². The van der Waals surface area contributed by atoms with Crippen LogP contribution in [-0.2, 0) is 11.3 Å². The molecule has 3 N–H and O–H groups in total. The van der Waals surface area contributed by atoms with Crippen LogP contribution in [0.5, 0.6) is 5.75 Å². The van der Waals surface area contributed by atoms with Crippen LogP contribution in [0.25, 0.3) is 0 Å². The number of carbonyl (C=O) groups excluding carboxylic acids is 2. The van der Waals surface area contributed by atoms with E-state index in [0.717, 1.165) is 0 Å². The van der Waals surface area contributed by atoms with E-state index < -0.39 is 5.91 Å². The van der Waals surface area contributed by atoms with E-state index in [1.165, 1.54) is 11.8 Å². The quantitative estimate of drug-likeness (QED) is 0.464. The van der Waals surface area contributed by atoms with Crippen molar-refractivity contribution < 1.29 is 14.3 Å². The van der Waals surface area contributed by atoms with Gasteiger partial charge in [0, 0.05) is 12.1 Å². The number of aromatic nitrogens is 3. The van der Waals surface area contributed by atoms with Crippen molar-refractivity contribution >= 4 is 23.6 Å². The number of nitrogens with zero attached hydrogens (tertiary/aromatic N) is 3. The summed E-state index contributed by atoms with van der Waals surface area (Å²) in [5.41, 5.74) is 5.74.